The third-order valence-corrected chi connectivity index (χ3v) is 14.0. The summed E-state index contributed by atoms with van der Waals surface area (Å²) in [6, 6.07) is -0.993. The van der Waals surface area contributed by atoms with Gasteiger partial charge in [0.05, 0.1) is 38.6 Å². The second-order valence-electron chi connectivity index (χ2n) is 20.4. The summed E-state index contributed by atoms with van der Waals surface area (Å²) >= 11 is 0. The summed E-state index contributed by atoms with van der Waals surface area (Å²) in [4.78, 5) is 13.3. The van der Waals surface area contributed by atoms with Gasteiger partial charge in [-0.25, -0.2) is 0 Å². The van der Waals surface area contributed by atoms with Gasteiger partial charge in [-0.15, -0.1) is 0 Å². The molecule has 0 saturated carbocycles. The Morgan fingerprint density at radius 1 is 0.481 bits per heavy atom. The molecule has 1 amide bonds. The lowest BCUT2D eigenvalue weighted by Crippen LogP contribution is -2.66. The summed E-state index contributed by atoms with van der Waals surface area (Å²) < 4.78 is 34.1. The fourth-order valence-corrected chi connectivity index (χ4v) is 9.25. The van der Waals surface area contributed by atoms with Gasteiger partial charge in [0.25, 0.3) is 0 Å². The maximum Gasteiger partial charge on any atom is 0.220 e. The van der Waals surface area contributed by atoms with Gasteiger partial charge in [-0.1, -0.05) is 151 Å². The van der Waals surface area contributed by atoms with Crippen LogP contribution >= 0.6 is 0 Å². The first-order valence-electron chi connectivity index (χ1n) is 28.7. The summed E-state index contributed by atoms with van der Waals surface area (Å²) in [5, 5.41) is 120. The van der Waals surface area contributed by atoms with Crippen LogP contribution in [0.1, 0.15) is 155 Å². The molecule has 0 aromatic carbocycles. The average molecular weight is 1100 g/mol. The summed E-state index contributed by atoms with van der Waals surface area (Å²) in [5.74, 6) is -0.298. The molecule has 77 heavy (non-hydrogen) atoms. The van der Waals surface area contributed by atoms with Crippen LogP contribution in [0.25, 0.3) is 0 Å². The number of nitrogens with one attached hydrogen (secondary N) is 1. The summed E-state index contributed by atoms with van der Waals surface area (Å²) in [6.45, 7) is 1.49. The van der Waals surface area contributed by atoms with E-state index >= 15 is 0 Å². The van der Waals surface area contributed by atoms with Crippen LogP contribution in [0.5, 0.6) is 0 Å². The van der Waals surface area contributed by atoms with Crippen molar-refractivity contribution < 1.29 is 89.4 Å². The van der Waals surface area contributed by atoms with Crippen molar-refractivity contribution >= 4 is 5.91 Å². The monoisotopic (exact) mass is 1100 g/mol. The molecule has 3 heterocycles. The number of rotatable bonds is 40. The Balaban J connectivity index is 1.46. The predicted octanol–water partition coefficient (Wildman–Crippen LogP) is 4.26. The van der Waals surface area contributed by atoms with E-state index in [1.54, 1.807) is 6.08 Å². The van der Waals surface area contributed by atoms with E-state index in [9.17, 15) is 61.0 Å². The summed E-state index contributed by atoms with van der Waals surface area (Å²) in [5.41, 5.74) is 0. The number of carbonyl (C=O) groups is 1. The molecule has 0 aromatic rings. The molecule has 19 heteroatoms. The number of aliphatic hydroxyl groups is 11. The minimum atomic E-state index is -1.98. The number of hydrogen-bond donors (Lipinski definition) is 12. The molecule has 0 bridgehead atoms. The Morgan fingerprint density at radius 3 is 1.45 bits per heavy atom. The van der Waals surface area contributed by atoms with Crippen molar-refractivity contribution in [3.05, 3.63) is 72.9 Å². The van der Waals surface area contributed by atoms with Crippen molar-refractivity contribution in [2.45, 2.75) is 259 Å². The van der Waals surface area contributed by atoms with Crippen molar-refractivity contribution in [3.8, 4) is 0 Å². The van der Waals surface area contributed by atoms with Crippen LogP contribution in [-0.4, -0.2) is 193 Å². The topological polar surface area (TPSA) is 307 Å². The minimum absolute atomic E-state index is 0.226. The smallest absolute Gasteiger partial charge is 0.220 e. The highest BCUT2D eigenvalue weighted by atomic mass is 16.8. The van der Waals surface area contributed by atoms with Gasteiger partial charge in [0, 0.05) is 6.42 Å². The number of carbonyl (C=O) groups excluding carboxylic acids is 1. The highest BCUT2D eigenvalue weighted by molar-refractivity contribution is 5.76. The van der Waals surface area contributed by atoms with Gasteiger partial charge in [-0.2, -0.15) is 0 Å². The largest absolute Gasteiger partial charge is 0.394 e. The van der Waals surface area contributed by atoms with Gasteiger partial charge in [-0.3, -0.25) is 4.79 Å². The molecule has 12 N–H and O–H groups in total. The Labute approximate surface area is 458 Å². The molecular formula is C58H99NO18. The molecule has 17 atom stereocenters. The highest BCUT2D eigenvalue weighted by Gasteiger charge is 2.53. The van der Waals surface area contributed by atoms with Crippen LogP contribution in [0.15, 0.2) is 72.9 Å². The van der Waals surface area contributed by atoms with Crippen LogP contribution in [0.2, 0.25) is 0 Å². The second kappa shape index (κ2) is 41.3. The fourth-order valence-electron chi connectivity index (χ4n) is 9.25. The number of ether oxygens (including phenoxy) is 6. The maximum atomic E-state index is 13.3. The third-order valence-electron chi connectivity index (χ3n) is 14.0. The molecule has 0 spiro atoms. The molecule has 19 nitrogen and oxygen atoms in total. The van der Waals surface area contributed by atoms with Gasteiger partial charge in [0.1, 0.15) is 73.2 Å². The quantitative estimate of drug-likeness (QED) is 0.0301. The Bertz CT molecular complexity index is 1690. The number of hydrogen-bond acceptors (Lipinski definition) is 18. The van der Waals surface area contributed by atoms with Gasteiger partial charge in [0.2, 0.25) is 5.91 Å². The third kappa shape index (κ3) is 25.7. The summed E-state index contributed by atoms with van der Waals surface area (Å²) in [6.07, 6.45) is 20.6. The number of amides is 1. The van der Waals surface area contributed by atoms with E-state index in [-0.39, 0.29) is 18.9 Å². The molecule has 0 radical (unpaired) electrons. The normalized spacial score (nSPS) is 31.3. The van der Waals surface area contributed by atoms with E-state index in [1.807, 2.05) is 6.08 Å². The summed E-state index contributed by atoms with van der Waals surface area (Å²) in [7, 11) is 0. The molecule has 3 aliphatic heterocycles. The standard InChI is InChI=1S/C58H99NO18/c1-3-5-7-9-11-13-14-15-16-17-18-19-20-21-22-23-24-25-26-28-30-32-34-36-46(64)59-41(42(63)35-33-31-29-27-12-10-8-6-4-2)40-72-56-52(70)49(67)54(44(38-61)74-56)77-58-53(71)50(68)55(45(39-62)75-58)76-57-51(69)48(66)47(65)43(37-60)73-57/h5,7,11-13,15-16,18-19,27,33,35,41-45,47-58,60-63,65-71H,3-4,6,8-10,14,17,20-26,28-32,34,36-40H2,1-2H3,(H,59,64)/b7-5-,13-11-,16-15-,19-18-,27-12+,35-33+. The predicted molar refractivity (Wildman–Crippen MR) is 291 cm³/mol. The van der Waals surface area contributed by atoms with E-state index in [4.69, 9.17) is 28.4 Å². The van der Waals surface area contributed by atoms with Crippen LogP contribution in [0.4, 0.5) is 0 Å². The van der Waals surface area contributed by atoms with Gasteiger partial charge in [0.15, 0.2) is 18.9 Å². The van der Waals surface area contributed by atoms with Gasteiger partial charge >= 0.3 is 0 Å². The lowest BCUT2D eigenvalue weighted by Gasteiger charge is -2.48. The van der Waals surface area contributed by atoms with Crippen molar-refractivity contribution in [3.63, 3.8) is 0 Å². The number of unbranched alkanes of at least 4 members (excludes halogenated alkanes) is 14. The Hall–Kier alpha value is -2.77. The second-order valence-corrected chi connectivity index (χ2v) is 20.4. The Kier molecular flexibility index (Phi) is 36.7. The molecule has 3 aliphatic rings. The SMILES string of the molecule is CC/C=C\C/C=C\C/C=C\C/C=C\CCCCCCCCCCCCC(=O)NC(COC1OC(CO)C(OC2OC(CO)C(OC3OC(CO)C(O)C(O)C3O)C(O)C2O)C(O)C1O)C(O)/C=C/CC/C=C/CCCCC. The number of allylic oxidation sites excluding steroid dienone is 11. The zero-order valence-corrected chi connectivity index (χ0v) is 45.9. The molecular weight excluding hydrogens is 999 g/mol. The molecule has 3 rings (SSSR count). The zero-order valence-electron chi connectivity index (χ0n) is 45.9. The van der Waals surface area contributed by atoms with Crippen molar-refractivity contribution in [2.75, 3.05) is 26.4 Å². The number of aliphatic hydroxyl groups excluding tert-OH is 11. The highest BCUT2D eigenvalue weighted by Crippen LogP contribution is 2.33. The molecule has 17 unspecified atom stereocenters. The molecule has 444 valence electrons. The molecule has 0 aliphatic carbocycles. The first-order valence-corrected chi connectivity index (χ1v) is 28.7. The minimum Gasteiger partial charge on any atom is -0.394 e. The average Bonchev–Trinajstić information content (AvgIpc) is 3.43. The maximum absolute atomic E-state index is 13.3. The lowest BCUT2D eigenvalue weighted by atomic mass is 9.96. The molecule has 0 aromatic heterocycles. The van der Waals surface area contributed by atoms with Crippen molar-refractivity contribution in [2.24, 2.45) is 0 Å². The van der Waals surface area contributed by atoms with Crippen LogP contribution in [0, 0.1) is 0 Å². The first kappa shape index (κ1) is 68.5. The van der Waals surface area contributed by atoms with E-state index < -0.39 is 124 Å². The van der Waals surface area contributed by atoms with E-state index in [0.717, 1.165) is 83.5 Å². The van der Waals surface area contributed by atoms with Crippen molar-refractivity contribution in [1.82, 2.24) is 5.32 Å². The van der Waals surface area contributed by atoms with E-state index in [2.05, 4.69) is 79.9 Å². The van der Waals surface area contributed by atoms with E-state index in [1.165, 1.54) is 38.5 Å². The van der Waals surface area contributed by atoms with Crippen molar-refractivity contribution in [1.29, 1.82) is 0 Å². The molecule has 3 fully saturated rings. The molecule has 3 saturated heterocycles. The van der Waals surface area contributed by atoms with Gasteiger partial charge in [-0.05, 0) is 70.6 Å². The lowest BCUT2D eigenvalue weighted by molar-refractivity contribution is -0.379. The Morgan fingerprint density at radius 2 is 0.909 bits per heavy atom. The fraction of sp³-hybridized carbons (Fsp3) is 0.776. The first-order chi connectivity index (χ1) is 37.3. The van der Waals surface area contributed by atoms with Crippen LogP contribution < -0.4 is 5.32 Å². The van der Waals surface area contributed by atoms with Crippen LogP contribution in [0.3, 0.4) is 0 Å². The van der Waals surface area contributed by atoms with Gasteiger partial charge < -0.3 is 89.9 Å². The van der Waals surface area contributed by atoms with E-state index in [0.29, 0.717) is 12.8 Å². The zero-order chi connectivity index (χ0) is 56.2. The van der Waals surface area contributed by atoms with Crippen LogP contribution in [-0.2, 0) is 33.2 Å².